The summed E-state index contributed by atoms with van der Waals surface area (Å²) in [6.07, 6.45) is 0. The number of aliphatic hydroxyl groups is 1. The number of urea groups is 1. The largest absolute Gasteiger partial charge is 0.358 e. The second kappa shape index (κ2) is 6.87. The van der Waals surface area contributed by atoms with E-state index in [9.17, 15) is 14.7 Å². The van der Waals surface area contributed by atoms with Crippen LogP contribution < -0.4 is 9.80 Å². The Morgan fingerprint density at radius 2 is 1.41 bits per heavy atom. The number of hydrogen-bond acceptors (Lipinski definition) is 4. The van der Waals surface area contributed by atoms with E-state index in [0.717, 1.165) is 18.7 Å². The smallest absolute Gasteiger partial charge is 0.339 e. The molecule has 0 saturated carbocycles. The van der Waals surface area contributed by atoms with Crippen LogP contribution >= 0.6 is 43.2 Å². The van der Waals surface area contributed by atoms with Crippen LogP contribution in [0.15, 0.2) is 75.0 Å². The summed E-state index contributed by atoms with van der Waals surface area (Å²) < 4.78 is 1.65. The summed E-state index contributed by atoms with van der Waals surface area (Å²) in [5.41, 5.74) is -1.29. The van der Waals surface area contributed by atoms with E-state index in [1.54, 1.807) is 66.0 Å². The molecule has 27 heavy (non-hydrogen) atoms. The number of thiophene rings is 1. The third-order valence-corrected chi connectivity index (χ3v) is 6.27. The summed E-state index contributed by atoms with van der Waals surface area (Å²) in [5, 5.41) is 13.2. The fourth-order valence-corrected chi connectivity index (χ4v) is 4.31. The average molecular weight is 508 g/mol. The molecule has 1 aliphatic heterocycles. The molecule has 136 valence electrons. The predicted octanol–water partition coefficient (Wildman–Crippen LogP) is 5.09. The number of halogens is 2. The lowest BCUT2D eigenvalue weighted by Crippen LogP contribution is -2.46. The molecule has 1 saturated heterocycles. The van der Waals surface area contributed by atoms with Crippen molar-refractivity contribution in [3.8, 4) is 0 Å². The maximum atomic E-state index is 13.3. The zero-order valence-corrected chi connectivity index (χ0v) is 17.7. The van der Waals surface area contributed by atoms with Crippen LogP contribution in [0.1, 0.15) is 4.88 Å². The molecule has 8 heteroatoms. The van der Waals surface area contributed by atoms with Gasteiger partial charge in [-0.25, -0.2) is 9.69 Å². The first-order chi connectivity index (χ1) is 12.9. The zero-order chi connectivity index (χ0) is 19.2. The van der Waals surface area contributed by atoms with E-state index in [1.807, 2.05) is 0 Å². The minimum absolute atomic E-state index is 0.378. The standard InChI is InChI=1S/C19H12Br2N2O3S/c20-12-3-7-14(8-4-12)22-17(24)19(26,16-2-1-11-27-16)23(18(22)25)15-9-5-13(21)6-10-15/h1-11,26H. The van der Waals surface area contributed by atoms with E-state index in [1.165, 1.54) is 11.3 Å². The Balaban J connectivity index is 1.89. The molecular formula is C19H12Br2N2O3S. The number of imide groups is 1. The highest BCUT2D eigenvalue weighted by molar-refractivity contribution is 9.10. The van der Waals surface area contributed by atoms with Crippen LogP contribution in [-0.4, -0.2) is 17.0 Å². The van der Waals surface area contributed by atoms with Crippen LogP contribution in [0.25, 0.3) is 0 Å². The van der Waals surface area contributed by atoms with E-state index < -0.39 is 17.7 Å². The van der Waals surface area contributed by atoms with Crippen molar-refractivity contribution < 1.29 is 14.7 Å². The Labute approximate surface area is 176 Å². The van der Waals surface area contributed by atoms with Gasteiger partial charge in [0.1, 0.15) is 0 Å². The Morgan fingerprint density at radius 3 is 1.93 bits per heavy atom. The van der Waals surface area contributed by atoms with Crippen molar-refractivity contribution in [1.82, 2.24) is 0 Å². The topological polar surface area (TPSA) is 60.9 Å². The van der Waals surface area contributed by atoms with Crippen LogP contribution in [0, 0.1) is 0 Å². The molecule has 3 amide bonds. The normalized spacial score (nSPS) is 19.8. The summed E-state index contributed by atoms with van der Waals surface area (Å²) in [6.45, 7) is 0. The van der Waals surface area contributed by atoms with Gasteiger partial charge in [-0.2, -0.15) is 0 Å². The molecule has 0 aliphatic carbocycles. The molecule has 1 unspecified atom stereocenters. The lowest BCUT2D eigenvalue weighted by molar-refractivity contribution is -0.133. The van der Waals surface area contributed by atoms with Gasteiger partial charge >= 0.3 is 6.03 Å². The number of amides is 3. The highest BCUT2D eigenvalue weighted by atomic mass is 79.9. The monoisotopic (exact) mass is 506 g/mol. The first-order valence-electron chi connectivity index (χ1n) is 7.89. The molecule has 0 spiro atoms. The molecule has 1 fully saturated rings. The molecule has 3 aromatic rings. The van der Waals surface area contributed by atoms with Gasteiger partial charge in [-0.15, -0.1) is 11.3 Å². The van der Waals surface area contributed by atoms with Gasteiger partial charge < -0.3 is 5.11 Å². The van der Waals surface area contributed by atoms with Gasteiger partial charge in [0.15, 0.2) is 0 Å². The maximum absolute atomic E-state index is 13.3. The van der Waals surface area contributed by atoms with Crippen LogP contribution in [0.2, 0.25) is 0 Å². The molecule has 2 aromatic carbocycles. The third kappa shape index (κ3) is 2.93. The second-order valence-electron chi connectivity index (χ2n) is 5.86. The van der Waals surface area contributed by atoms with Crippen molar-refractivity contribution in [2.75, 3.05) is 9.80 Å². The van der Waals surface area contributed by atoms with E-state index in [4.69, 9.17) is 0 Å². The van der Waals surface area contributed by atoms with E-state index >= 15 is 0 Å². The number of rotatable bonds is 3. The Kier molecular flexibility index (Phi) is 4.67. The Hall–Kier alpha value is -2.00. The average Bonchev–Trinajstić information content (AvgIpc) is 3.25. The minimum atomic E-state index is -2.11. The highest BCUT2D eigenvalue weighted by Crippen LogP contribution is 2.42. The van der Waals surface area contributed by atoms with Crippen molar-refractivity contribution in [3.05, 3.63) is 79.9 Å². The second-order valence-corrected chi connectivity index (χ2v) is 8.64. The molecule has 5 nitrogen and oxygen atoms in total. The van der Waals surface area contributed by atoms with E-state index in [0.29, 0.717) is 16.3 Å². The number of carbonyl (C=O) groups excluding carboxylic acids is 2. The van der Waals surface area contributed by atoms with Crippen LogP contribution in [0.5, 0.6) is 0 Å². The van der Waals surface area contributed by atoms with Gasteiger partial charge in [-0.1, -0.05) is 37.9 Å². The van der Waals surface area contributed by atoms with Crippen molar-refractivity contribution in [3.63, 3.8) is 0 Å². The molecular weight excluding hydrogens is 496 g/mol. The lowest BCUT2D eigenvalue weighted by Gasteiger charge is -2.29. The molecule has 1 aromatic heterocycles. The Bertz CT molecular complexity index is 1010. The highest BCUT2D eigenvalue weighted by Gasteiger charge is 2.59. The molecule has 1 aliphatic rings. The first kappa shape index (κ1) is 18.4. The van der Waals surface area contributed by atoms with Gasteiger partial charge in [0.2, 0.25) is 0 Å². The van der Waals surface area contributed by atoms with E-state index in [2.05, 4.69) is 31.9 Å². The summed E-state index contributed by atoms with van der Waals surface area (Å²) >= 11 is 7.92. The number of carbonyl (C=O) groups is 2. The van der Waals surface area contributed by atoms with Crippen molar-refractivity contribution >= 4 is 66.5 Å². The van der Waals surface area contributed by atoms with Gasteiger partial charge in [-0.3, -0.25) is 9.69 Å². The minimum Gasteiger partial charge on any atom is -0.358 e. The zero-order valence-electron chi connectivity index (χ0n) is 13.7. The van der Waals surface area contributed by atoms with Crippen LogP contribution in [0.3, 0.4) is 0 Å². The summed E-state index contributed by atoms with van der Waals surface area (Å²) in [4.78, 5) is 29.0. The molecule has 1 N–H and O–H groups in total. The first-order valence-corrected chi connectivity index (χ1v) is 10.4. The van der Waals surface area contributed by atoms with Crippen molar-refractivity contribution in [2.45, 2.75) is 5.72 Å². The lowest BCUT2D eigenvalue weighted by atomic mass is 10.1. The number of hydrogen-bond donors (Lipinski definition) is 1. The number of anilines is 2. The number of benzene rings is 2. The van der Waals surface area contributed by atoms with Gasteiger partial charge in [0, 0.05) is 14.6 Å². The fourth-order valence-electron chi connectivity index (χ4n) is 2.97. The Morgan fingerprint density at radius 1 is 0.852 bits per heavy atom. The van der Waals surface area contributed by atoms with Gasteiger partial charge in [-0.05, 0) is 60.0 Å². The molecule has 0 radical (unpaired) electrons. The van der Waals surface area contributed by atoms with Gasteiger partial charge in [0.25, 0.3) is 11.6 Å². The summed E-state index contributed by atoms with van der Waals surface area (Å²) in [7, 11) is 0. The van der Waals surface area contributed by atoms with Gasteiger partial charge in [0.05, 0.1) is 10.6 Å². The maximum Gasteiger partial charge on any atom is 0.339 e. The summed E-state index contributed by atoms with van der Waals surface area (Å²) in [5.74, 6) is -0.708. The van der Waals surface area contributed by atoms with E-state index in [-0.39, 0.29) is 0 Å². The fraction of sp³-hybridized carbons (Fsp3) is 0.0526. The summed E-state index contributed by atoms with van der Waals surface area (Å²) in [6, 6.07) is 16.4. The quantitative estimate of drug-likeness (QED) is 0.502. The molecule has 2 heterocycles. The van der Waals surface area contributed by atoms with Crippen LogP contribution in [-0.2, 0) is 10.5 Å². The molecule has 4 rings (SSSR count). The van der Waals surface area contributed by atoms with Crippen LogP contribution in [0.4, 0.5) is 16.2 Å². The number of nitrogens with zero attached hydrogens (tertiary/aromatic N) is 2. The SMILES string of the molecule is O=C1N(c2ccc(Br)cc2)C(=O)C(O)(c2cccs2)N1c1ccc(Br)cc1. The molecule has 1 atom stereocenters. The predicted molar refractivity (Wildman–Crippen MR) is 112 cm³/mol. The molecule has 0 bridgehead atoms. The van der Waals surface area contributed by atoms with Crippen molar-refractivity contribution in [1.29, 1.82) is 0 Å². The van der Waals surface area contributed by atoms with Crippen molar-refractivity contribution in [2.24, 2.45) is 0 Å². The third-order valence-electron chi connectivity index (χ3n) is 4.24.